The van der Waals surface area contributed by atoms with Gasteiger partial charge in [-0.25, -0.2) is 14.4 Å². The molecule has 100 valence electrons. The van der Waals surface area contributed by atoms with Crippen LogP contribution >= 0.6 is 0 Å². The minimum atomic E-state index is -0.245. The minimum absolute atomic E-state index is 0.245. The first kappa shape index (κ1) is 13.3. The second-order valence-corrected chi connectivity index (χ2v) is 4.40. The summed E-state index contributed by atoms with van der Waals surface area (Å²) in [6.07, 6.45) is 0. The van der Waals surface area contributed by atoms with Crippen LogP contribution in [0.1, 0.15) is 11.5 Å². The minimum Gasteiger partial charge on any atom is -0.373 e. The van der Waals surface area contributed by atoms with Gasteiger partial charge in [0.25, 0.3) is 0 Å². The molecule has 0 bridgehead atoms. The van der Waals surface area contributed by atoms with E-state index in [-0.39, 0.29) is 5.82 Å². The van der Waals surface area contributed by atoms with Crippen LogP contribution in [0.25, 0.3) is 0 Å². The molecule has 0 amide bonds. The Balaban J connectivity index is 2.18. The van der Waals surface area contributed by atoms with Gasteiger partial charge in [0.2, 0.25) is 0 Å². The van der Waals surface area contributed by atoms with Crippen LogP contribution in [0.5, 0.6) is 0 Å². The Hall–Kier alpha value is -2.17. The number of hydrogen-bond donors (Lipinski definition) is 1. The Kier molecular flexibility index (Phi) is 3.94. The van der Waals surface area contributed by atoms with Crippen molar-refractivity contribution in [2.45, 2.75) is 13.5 Å². The van der Waals surface area contributed by atoms with E-state index in [9.17, 15) is 4.39 Å². The maximum absolute atomic E-state index is 13.2. The van der Waals surface area contributed by atoms with Gasteiger partial charge >= 0.3 is 0 Å². The Morgan fingerprint density at radius 3 is 2.74 bits per heavy atom. The predicted molar refractivity (Wildman–Crippen MR) is 74.8 cm³/mol. The second-order valence-electron chi connectivity index (χ2n) is 4.40. The maximum atomic E-state index is 13.2. The van der Waals surface area contributed by atoms with Gasteiger partial charge in [-0.15, -0.1) is 0 Å². The third kappa shape index (κ3) is 3.40. The highest BCUT2D eigenvalue weighted by Crippen LogP contribution is 2.16. The fraction of sp³-hybridized carbons (Fsp3) is 0.286. The fourth-order valence-electron chi connectivity index (χ4n) is 1.85. The highest BCUT2D eigenvalue weighted by molar-refractivity contribution is 5.46. The lowest BCUT2D eigenvalue weighted by Crippen LogP contribution is -2.19. The third-order valence-electron chi connectivity index (χ3n) is 2.78. The van der Waals surface area contributed by atoms with E-state index < -0.39 is 0 Å². The van der Waals surface area contributed by atoms with Crippen LogP contribution in [0.4, 0.5) is 15.9 Å². The van der Waals surface area contributed by atoms with Crippen molar-refractivity contribution >= 4 is 11.5 Å². The van der Waals surface area contributed by atoms with Crippen molar-refractivity contribution in [2.75, 3.05) is 24.3 Å². The highest BCUT2D eigenvalue weighted by Gasteiger charge is 2.07. The molecule has 1 aromatic carbocycles. The first-order valence-corrected chi connectivity index (χ1v) is 6.07. The fourth-order valence-corrected chi connectivity index (χ4v) is 1.85. The van der Waals surface area contributed by atoms with Crippen molar-refractivity contribution in [3.63, 3.8) is 0 Å². The van der Waals surface area contributed by atoms with Crippen LogP contribution in [-0.2, 0) is 6.54 Å². The molecule has 0 fully saturated rings. The van der Waals surface area contributed by atoms with Crippen LogP contribution in [0, 0.1) is 12.7 Å². The Morgan fingerprint density at radius 2 is 2.05 bits per heavy atom. The van der Waals surface area contributed by atoms with Crippen LogP contribution in [0.2, 0.25) is 0 Å². The van der Waals surface area contributed by atoms with E-state index in [1.165, 1.54) is 12.1 Å². The molecular formula is C14H17FN4. The van der Waals surface area contributed by atoms with Gasteiger partial charge in [0.15, 0.2) is 0 Å². The van der Waals surface area contributed by atoms with Crippen molar-refractivity contribution in [2.24, 2.45) is 0 Å². The van der Waals surface area contributed by atoms with Gasteiger partial charge in [-0.1, -0.05) is 6.07 Å². The average molecular weight is 260 g/mol. The van der Waals surface area contributed by atoms with E-state index in [2.05, 4.69) is 15.3 Å². The largest absolute Gasteiger partial charge is 0.373 e. The molecule has 0 saturated heterocycles. The number of anilines is 2. The first-order chi connectivity index (χ1) is 9.08. The molecule has 0 saturated carbocycles. The number of nitrogens with zero attached hydrogens (tertiary/aromatic N) is 3. The van der Waals surface area contributed by atoms with Crippen molar-refractivity contribution in [3.05, 3.63) is 47.7 Å². The van der Waals surface area contributed by atoms with E-state index in [1.54, 1.807) is 6.07 Å². The van der Waals surface area contributed by atoms with Gasteiger partial charge in [0.1, 0.15) is 17.5 Å². The lowest BCUT2D eigenvalue weighted by atomic mass is 10.3. The zero-order valence-electron chi connectivity index (χ0n) is 11.3. The lowest BCUT2D eigenvalue weighted by molar-refractivity contribution is 0.627. The molecule has 0 aliphatic carbocycles. The number of hydrogen-bond acceptors (Lipinski definition) is 4. The number of aryl methyl sites for hydroxylation is 1. The summed E-state index contributed by atoms with van der Waals surface area (Å²) in [5.41, 5.74) is 1.71. The summed E-state index contributed by atoms with van der Waals surface area (Å²) in [5.74, 6) is 1.25. The quantitative estimate of drug-likeness (QED) is 0.917. The Labute approximate surface area is 112 Å². The summed E-state index contributed by atoms with van der Waals surface area (Å²) >= 11 is 0. The molecule has 0 aliphatic rings. The van der Waals surface area contributed by atoms with E-state index >= 15 is 0 Å². The maximum Gasteiger partial charge on any atom is 0.150 e. The monoisotopic (exact) mass is 260 g/mol. The van der Waals surface area contributed by atoms with Crippen molar-refractivity contribution < 1.29 is 4.39 Å². The van der Waals surface area contributed by atoms with Gasteiger partial charge in [-0.05, 0) is 25.1 Å². The summed E-state index contributed by atoms with van der Waals surface area (Å²) in [4.78, 5) is 10.7. The normalized spacial score (nSPS) is 10.3. The molecular weight excluding hydrogens is 243 g/mol. The summed E-state index contributed by atoms with van der Waals surface area (Å²) in [6.45, 7) is 2.45. The number of halogens is 1. The van der Waals surface area contributed by atoms with E-state index in [0.717, 1.165) is 17.2 Å². The average Bonchev–Trinajstić information content (AvgIpc) is 2.38. The zero-order chi connectivity index (χ0) is 13.8. The Morgan fingerprint density at radius 1 is 1.26 bits per heavy atom. The van der Waals surface area contributed by atoms with Crippen LogP contribution in [0.3, 0.4) is 0 Å². The summed E-state index contributed by atoms with van der Waals surface area (Å²) in [5, 5.41) is 3.00. The smallest absolute Gasteiger partial charge is 0.150 e. The van der Waals surface area contributed by atoms with Gasteiger partial charge in [-0.2, -0.15) is 0 Å². The summed E-state index contributed by atoms with van der Waals surface area (Å²) in [7, 11) is 3.71. The number of benzene rings is 1. The molecule has 2 rings (SSSR count). The van der Waals surface area contributed by atoms with Crippen LogP contribution in [-0.4, -0.2) is 24.1 Å². The molecule has 0 spiro atoms. The first-order valence-electron chi connectivity index (χ1n) is 6.07. The SMILES string of the molecule is CNc1cc(C)nc(CN(C)c2cccc(F)c2)n1. The van der Waals surface area contributed by atoms with Crippen LogP contribution < -0.4 is 10.2 Å². The lowest BCUT2D eigenvalue weighted by Gasteiger charge is -2.18. The molecule has 0 aliphatic heterocycles. The van der Waals surface area contributed by atoms with E-state index in [0.29, 0.717) is 12.4 Å². The molecule has 0 atom stereocenters. The van der Waals surface area contributed by atoms with Crippen molar-refractivity contribution in [1.82, 2.24) is 9.97 Å². The zero-order valence-corrected chi connectivity index (χ0v) is 11.3. The number of rotatable bonds is 4. The molecule has 4 nitrogen and oxygen atoms in total. The molecule has 1 heterocycles. The molecule has 0 unspecified atom stereocenters. The molecule has 2 aromatic rings. The highest BCUT2D eigenvalue weighted by atomic mass is 19.1. The number of aromatic nitrogens is 2. The number of nitrogens with one attached hydrogen (secondary N) is 1. The van der Waals surface area contributed by atoms with Crippen molar-refractivity contribution in [3.8, 4) is 0 Å². The molecule has 19 heavy (non-hydrogen) atoms. The van der Waals surface area contributed by atoms with Crippen LogP contribution in [0.15, 0.2) is 30.3 Å². The third-order valence-corrected chi connectivity index (χ3v) is 2.78. The molecule has 0 radical (unpaired) electrons. The van der Waals surface area contributed by atoms with Gasteiger partial charge < -0.3 is 10.2 Å². The molecule has 1 aromatic heterocycles. The van der Waals surface area contributed by atoms with Gasteiger partial charge in [0, 0.05) is 31.5 Å². The van der Waals surface area contributed by atoms with E-state index in [1.807, 2.05) is 38.1 Å². The predicted octanol–water partition coefficient (Wildman–Crippen LogP) is 2.60. The second kappa shape index (κ2) is 5.65. The summed E-state index contributed by atoms with van der Waals surface area (Å²) in [6, 6.07) is 8.36. The van der Waals surface area contributed by atoms with Crippen molar-refractivity contribution in [1.29, 1.82) is 0 Å². The molecule has 5 heteroatoms. The summed E-state index contributed by atoms with van der Waals surface area (Å²) < 4.78 is 13.2. The topological polar surface area (TPSA) is 41.1 Å². The Bertz CT molecular complexity index is 571. The van der Waals surface area contributed by atoms with Gasteiger partial charge in [-0.3, -0.25) is 0 Å². The van der Waals surface area contributed by atoms with E-state index in [4.69, 9.17) is 0 Å². The van der Waals surface area contributed by atoms with Gasteiger partial charge in [0.05, 0.1) is 6.54 Å². The standard InChI is InChI=1S/C14H17FN4/c1-10-7-13(16-2)18-14(17-10)9-19(3)12-6-4-5-11(15)8-12/h4-8H,9H2,1-3H3,(H,16,17,18). The molecule has 1 N–H and O–H groups in total.